The Hall–Kier alpha value is -1.45. The van der Waals surface area contributed by atoms with Crippen molar-refractivity contribution in [3.05, 3.63) is 18.3 Å². The largest absolute Gasteiger partial charge is 0.342 e. The molecule has 0 saturated heterocycles. The first kappa shape index (κ1) is 10.1. The van der Waals surface area contributed by atoms with Gasteiger partial charge in [0, 0.05) is 0 Å². The van der Waals surface area contributed by atoms with Crippen LogP contribution in [0, 0.1) is 0 Å². The van der Waals surface area contributed by atoms with Gasteiger partial charge in [-0.25, -0.2) is 15.0 Å². The highest BCUT2D eigenvalue weighted by Gasteiger charge is 2.04. The van der Waals surface area contributed by atoms with Gasteiger partial charge in [0.25, 0.3) is 0 Å². The Morgan fingerprint density at radius 2 is 2.07 bits per heavy atom. The Balaban J connectivity index is 2.04. The maximum atomic E-state index is 4.29. The van der Waals surface area contributed by atoms with E-state index >= 15 is 0 Å². The van der Waals surface area contributed by atoms with Crippen LogP contribution in [-0.4, -0.2) is 19.9 Å². The number of hydrogen-bond acceptors (Lipinski definition) is 3. The maximum absolute atomic E-state index is 4.29. The predicted octanol–water partition coefficient (Wildman–Crippen LogP) is 2.48. The van der Waals surface area contributed by atoms with Crippen LogP contribution in [0.3, 0.4) is 0 Å². The SMILES string of the molecule is CCCCCCc1ncnc2nc[nH]c12. The summed E-state index contributed by atoms with van der Waals surface area (Å²) in [5.74, 6) is 0. The molecule has 0 fully saturated rings. The number of nitrogens with one attached hydrogen (secondary N) is 1. The zero-order valence-electron chi connectivity index (χ0n) is 9.03. The van der Waals surface area contributed by atoms with Gasteiger partial charge in [-0.3, -0.25) is 0 Å². The summed E-state index contributed by atoms with van der Waals surface area (Å²) < 4.78 is 0. The van der Waals surface area contributed by atoms with Gasteiger partial charge in [-0.15, -0.1) is 0 Å². The molecule has 2 heterocycles. The van der Waals surface area contributed by atoms with Crippen molar-refractivity contribution in [3.63, 3.8) is 0 Å². The molecule has 80 valence electrons. The number of aromatic amines is 1. The molecule has 0 atom stereocenters. The summed E-state index contributed by atoms with van der Waals surface area (Å²) in [5.41, 5.74) is 2.86. The molecular weight excluding hydrogens is 188 g/mol. The number of nitrogens with zero attached hydrogens (tertiary/aromatic N) is 3. The first-order chi connectivity index (χ1) is 7.42. The highest BCUT2D eigenvalue weighted by molar-refractivity contribution is 5.71. The quantitative estimate of drug-likeness (QED) is 0.761. The normalized spacial score (nSPS) is 11.0. The number of imidazole rings is 1. The van der Waals surface area contributed by atoms with E-state index in [1.165, 1.54) is 25.7 Å². The van der Waals surface area contributed by atoms with Crippen LogP contribution in [0.5, 0.6) is 0 Å². The average Bonchev–Trinajstić information content (AvgIpc) is 2.73. The number of H-pyrrole nitrogens is 1. The van der Waals surface area contributed by atoms with Gasteiger partial charge in [0.2, 0.25) is 0 Å². The molecule has 15 heavy (non-hydrogen) atoms. The van der Waals surface area contributed by atoms with E-state index in [0.717, 1.165) is 23.3 Å². The lowest BCUT2D eigenvalue weighted by Gasteiger charge is -2.00. The van der Waals surface area contributed by atoms with Gasteiger partial charge in [-0.05, 0) is 12.8 Å². The van der Waals surface area contributed by atoms with E-state index in [2.05, 4.69) is 26.9 Å². The molecule has 0 bridgehead atoms. The molecular formula is C11H16N4. The minimum atomic E-state index is 0.774. The molecule has 1 N–H and O–H groups in total. The average molecular weight is 204 g/mol. The third kappa shape index (κ3) is 2.32. The Kier molecular flexibility index (Phi) is 3.27. The summed E-state index contributed by atoms with van der Waals surface area (Å²) in [6, 6.07) is 0. The second kappa shape index (κ2) is 4.87. The molecule has 0 saturated carbocycles. The molecule has 0 aliphatic rings. The molecule has 0 aliphatic heterocycles. The molecule has 0 unspecified atom stereocenters. The van der Waals surface area contributed by atoms with Gasteiger partial charge >= 0.3 is 0 Å². The van der Waals surface area contributed by atoms with E-state index in [0.29, 0.717) is 0 Å². The van der Waals surface area contributed by atoms with Gasteiger partial charge in [-0.2, -0.15) is 0 Å². The summed E-state index contributed by atoms with van der Waals surface area (Å²) in [7, 11) is 0. The lowest BCUT2D eigenvalue weighted by atomic mass is 10.1. The number of fused-ring (bicyclic) bond motifs is 1. The lowest BCUT2D eigenvalue weighted by molar-refractivity contribution is 0.661. The van der Waals surface area contributed by atoms with Crippen LogP contribution in [0.2, 0.25) is 0 Å². The summed E-state index contributed by atoms with van der Waals surface area (Å²) in [6.07, 6.45) is 9.32. The van der Waals surface area contributed by atoms with Crippen LogP contribution in [0.4, 0.5) is 0 Å². The number of aromatic nitrogens is 4. The van der Waals surface area contributed by atoms with Crippen LogP contribution < -0.4 is 0 Å². The highest BCUT2D eigenvalue weighted by atomic mass is 15.0. The van der Waals surface area contributed by atoms with Crippen molar-refractivity contribution in [1.29, 1.82) is 0 Å². The van der Waals surface area contributed by atoms with Crippen LogP contribution in [0.1, 0.15) is 38.3 Å². The third-order valence-corrected chi connectivity index (χ3v) is 2.57. The number of unbranched alkanes of at least 4 members (excludes halogenated alkanes) is 3. The minimum Gasteiger partial charge on any atom is -0.342 e. The second-order valence-corrected chi connectivity index (χ2v) is 3.73. The van der Waals surface area contributed by atoms with Crippen molar-refractivity contribution in [2.75, 3.05) is 0 Å². The highest BCUT2D eigenvalue weighted by Crippen LogP contribution is 2.12. The van der Waals surface area contributed by atoms with E-state index in [9.17, 15) is 0 Å². The van der Waals surface area contributed by atoms with Crippen LogP contribution >= 0.6 is 0 Å². The molecule has 0 amide bonds. The van der Waals surface area contributed by atoms with Crippen LogP contribution in [0.25, 0.3) is 11.2 Å². The van der Waals surface area contributed by atoms with Gasteiger partial charge in [0.1, 0.15) is 11.8 Å². The lowest BCUT2D eigenvalue weighted by Crippen LogP contribution is -1.93. The fourth-order valence-electron chi connectivity index (χ4n) is 1.72. The number of rotatable bonds is 5. The van der Waals surface area contributed by atoms with E-state index < -0.39 is 0 Å². The van der Waals surface area contributed by atoms with Crippen molar-refractivity contribution in [3.8, 4) is 0 Å². The van der Waals surface area contributed by atoms with E-state index in [1.54, 1.807) is 12.7 Å². The van der Waals surface area contributed by atoms with Gasteiger partial charge < -0.3 is 4.98 Å². The molecule has 0 radical (unpaired) electrons. The standard InChI is InChI=1S/C11H16N4/c1-2-3-4-5-6-9-10-11(14-7-12-9)15-8-13-10/h7-8H,2-6H2,1H3,(H,12,13,14,15). The molecule has 4 heteroatoms. The second-order valence-electron chi connectivity index (χ2n) is 3.73. The maximum Gasteiger partial charge on any atom is 0.180 e. The zero-order chi connectivity index (χ0) is 10.5. The zero-order valence-corrected chi connectivity index (χ0v) is 9.03. The Labute approximate surface area is 89.2 Å². The van der Waals surface area contributed by atoms with E-state index in [1.807, 2.05) is 0 Å². The van der Waals surface area contributed by atoms with Gasteiger partial charge in [0.05, 0.1) is 12.0 Å². The Morgan fingerprint density at radius 1 is 1.13 bits per heavy atom. The van der Waals surface area contributed by atoms with Crippen molar-refractivity contribution in [2.45, 2.75) is 39.0 Å². The van der Waals surface area contributed by atoms with Crippen molar-refractivity contribution < 1.29 is 0 Å². The Morgan fingerprint density at radius 3 is 2.93 bits per heavy atom. The Bertz CT molecular complexity index is 421. The molecule has 4 nitrogen and oxygen atoms in total. The summed E-state index contributed by atoms with van der Waals surface area (Å²) in [5, 5.41) is 0. The van der Waals surface area contributed by atoms with Crippen molar-refractivity contribution >= 4 is 11.2 Å². The molecule has 0 aliphatic carbocycles. The van der Waals surface area contributed by atoms with Gasteiger partial charge in [0.15, 0.2) is 5.65 Å². The molecule has 2 aromatic rings. The van der Waals surface area contributed by atoms with E-state index in [4.69, 9.17) is 0 Å². The summed E-state index contributed by atoms with van der Waals surface area (Å²) in [6.45, 7) is 2.22. The predicted molar refractivity (Wildman–Crippen MR) is 59.5 cm³/mol. The van der Waals surface area contributed by atoms with Gasteiger partial charge in [-0.1, -0.05) is 26.2 Å². The van der Waals surface area contributed by atoms with Crippen molar-refractivity contribution in [1.82, 2.24) is 19.9 Å². The van der Waals surface area contributed by atoms with Crippen molar-refractivity contribution in [2.24, 2.45) is 0 Å². The molecule has 2 aromatic heterocycles. The molecule has 0 aromatic carbocycles. The fraction of sp³-hybridized carbons (Fsp3) is 0.545. The smallest absolute Gasteiger partial charge is 0.180 e. The minimum absolute atomic E-state index is 0.774. The fourth-order valence-corrected chi connectivity index (χ4v) is 1.72. The number of hydrogen-bond donors (Lipinski definition) is 1. The molecule has 2 rings (SSSR count). The first-order valence-corrected chi connectivity index (χ1v) is 5.54. The van der Waals surface area contributed by atoms with Crippen LogP contribution in [0.15, 0.2) is 12.7 Å². The monoisotopic (exact) mass is 204 g/mol. The van der Waals surface area contributed by atoms with Crippen LogP contribution in [-0.2, 0) is 6.42 Å². The number of aryl methyl sites for hydroxylation is 1. The summed E-state index contributed by atoms with van der Waals surface area (Å²) >= 11 is 0. The van der Waals surface area contributed by atoms with E-state index in [-0.39, 0.29) is 0 Å². The first-order valence-electron chi connectivity index (χ1n) is 5.54. The molecule has 0 spiro atoms. The summed E-state index contributed by atoms with van der Waals surface area (Å²) in [4.78, 5) is 15.6. The topological polar surface area (TPSA) is 54.5 Å². The third-order valence-electron chi connectivity index (χ3n) is 2.57.